The Bertz CT molecular complexity index is 854. The third kappa shape index (κ3) is 2.33. The Balaban J connectivity index is 2.26. The highest BCUT2D eigenvalue weighted by Gasteiger charge is 2.16. The van der Waals surface area contributed by atoms with Gasteiger partial charge in [-0.25, -0.2) is 4.98 Å². The van der Waals surface area contributed by atoms with Crippen molar-refractivity contribution in [3.05, 3.63) is 64.0 Å². The molecule has 0 bridgehead atoms. The molecule has 0 unspecified atom stereocenters. The Labute approximate surface area is 127 Å². The molecule has 0 amide bonds. The van der Waals surface area contributed by atoms with Gasteiger partial charge in [-0.05, 0) is 25.6 Å². The van der Waals surface area contributed by atoms with Crippen molar-refractivity contribution < 1.29 is 4.92 Å². The summed E-state index contributed by atoms with van der Waals surface area (Å²) in [5.74, 6) is 0. The van der Waals surface area contributed by atoms with E-state index >= 15 is 0 Å². The fourth-order valence-electron chi connectivity index (χ4n) is 2.69. The van der Waals surface area contributed by atoms with E-state index in [1.165, 1.54) is 6.07 Å². The number of fused-ring (bicyclic) bond motifs is 1. The molecule has 0 aliphatic carbocycles. The predicted octanol–water partition coefficient (Wildman–Crippen LogP) is 2.72. The van der Waals surface area contributed by atoms with Crippen LogP contribution in [0.5, 0.6) is 0 Å². The molecular formula is C16H16N4O2. The smallest absolute Gasteiger partial charge is 0.270 e. The normalized spacial score (nSPS) is 11.0. The van der Waals surface area contributed by atoms with Crippen LogP contribution in [-0.4, -0.2) is 20.9 Å². The summed E-state index contributed by atoms with van der Waals surface area (Å²) >= 11 is 0. The molecule has 112 valence electrons. The molecule has 0 atom stereocenters. The Morgan fingerprint density at radius 3 is 2.77 bits per heavy atom. The van der Waals surface area contributed by atoms with Crippen LogP contribution >= 0.6 is 0 Å². The summed E-state index contributed by atoms with van der Waals surface area (Å²) in [6, 6.07) is 12.4. The maximum absolute atomic E-state index is 11.0. The quantitative estimate of drug-likeness (QED) is 0.592. The lowest BCUT2D eigenvalue weighted by Gasteiger charge is -2.06. The zero-order valence-corrected chi connectivity index (χ0v) is 12.2. The Morgan fingerprint density at radius 2 is 2.05 bits per heavy atom. The fourth-order valence-corrected chi connectivity index (χ4v) is 2.69. The molecule has 3 rings (SSSR count). The number of hydrogen-bond donors (Lipinski definition) is 1. The highest BCUT2D eigenvalue weighted by molar-refractivity contribution is 5.69. The van der Waals surface area contributed by atoms with Crippen molar-refractivity contribution in [1.82, 2.24) is 9.38 Å². The Morgan fingerprint density at radius 1 is 1.27 bits per heavy atom. The topological polar surface area (TPSA) is 86.5 Å². The standard InChI is InChI=1S/C16H16N4O2/c1-11-4-2-7-15-18-16(14(8-9-17)19(11)15)12-5-3-6-13(10-12)20(21)22/h2-7,10H,8-9,17H2,1H3. The monoisotopic (exact) mass is 296 g/mol. The summed E-state index contributed by atoms with van der Waals surface area (Å²) in [5, 5.41) is 11.0. The number of pyridine rings is 1. The molecule has 0 spiro atoms. The van der Waals surface area contributed by atoms with Crippen molar-refractivity contribution in [1.29, 1.82) is 0 Å². The largest absolute Gasteiger partial charge is 0.330 e. The van der Waals surface area contributed by atoms with Gasteiger partial charge in [-0.15, -0.1) is 0 Å². The molecule has 0 aliphatic heterocycles. The van der Waals surface area contributed by atoms with Crippen molar-refractivity contribution in [3.8, 4) is 11.3 Å². The number of hydrogen-bond acceptors (Lipinski definition) is 4. The molecule has 6 nitrogen and oxygen atoms in total. The van der Waals surface area contributed by atoms with Crippen LogP contribution in [-0.2, 0) is 6.42 Å². The van der Waals surface area contributed by atoms with E-state index in [0.717, 1.165) is 28.3 Å². The molecule has 0 fully saturated rings. The molecule has 0 aliphatic rings. The van der Waals surface area contributed by atoms with Gasteiger partial charge in [0.25, 0.3) is 5.69 Å². The van der Waals surface area contributed by atoms with Crippen molar-refractivity contribution in [2.24, 2.45) is 5.73 Å². The van der Waals surface area contributed by atoms with Gasteiger partial charge < -0.3 is 10.1 Å². The molecule has 1 aromatic carbocycles. The maximum atomic E-state index is 11.0. The van der Waals surface area contributed by atoms with Gasteiger partial charge >= 0.3 is 0 Å². The first-order valence-electron chi connectivity index (χ1n) is 7.03. The van der Waals surface area contributed by atoms with Crippen LogP contribution in [0.1, 0.15) is 11.4 Å². The molecule has 6 heteroatoms. The van der Waals surface area contributed by atoms with Gasteiger partial charge in [0.2, 0.25) is 0 Å². The number of aryl methyl sites for hydroxylation is 1. The van der Waals surface area contributed by atoms with Crippen LogP contribution in [0.4, 0.5) is 5.69 Å². The predicted molar refractivity (Wildman–Crippen MR) is 84.8 cm³/mol. The van der Waals surface area contributed by atoms with Gasteiger partial charge in [0.05, 0.1) is 16.3 Å². The molecule has 2 aromatic heterocycles. The number of nitro benzene ring substituents is 1. The van der Waals surface area contributed by atoms with Gasteiger partial charge in [0.15, 0.2) is 0 Å². The molecular weight excluding hydrogens is 280 g/mol. The van der Waals surface area contributed by atoms with Crippen LogP contribution in [0.3, 0.4) is 0 Å². The molecule has 0 radical (unpaired) electrons. The summed E-state index contributed by atoms with van der Waals surface area (Å²) in [7, 11) is 0. The van der Waals surface area contributed by atoms with Crippen LogP contribution in [0, 0.1) is 17.0 Å². The third-order valence-corrected chi connectivity index (χ3v) is 3.65. The number of nitrogens with two attached hydrogens (primary N) is 1. The Kier molecular flexibility index (Phi) is 3.60. The van der Waals surface area contributed by atoms with Crippen molar-refractivity contribution in [3.63, 3.8) is 0 Å². The number of nitrogens with zero attached hydrogens (tertiary/aromatic N) is 3. The number of nitro groups is 1. The third-order valence-electron chi connectivity index (χ3n) is 3.65. The zero-order chi connectivity index (χ0) is 15.7. The second kappa shape index (κ2) is 5.57. The minimum absolute atomic E-state index is 0.0602. The fraction of sp³-hybridized carbons (Fsp3) is 0.188. The lowest BCUT2D eigenvalue weighted by Crippen LogP contribution is -2.07. The number of non-ortho nitro benzene ring substituents is 1. The SMILES string of the molecule is Cc1cccc2nc(-c3cccc([N+](=O)[O-])c3)c(CCN)n12. The van der Waals surface area contributed by atoms with Gasteiger partial charge in [-0.2, -0.15) is 0 Å². The average molecular weight is 296 g/mol. The van der Waals surface area contributed by atoms with E-state index in [0.29, 0.717) is 13.0 Å². The lowest BCUT2D eigenvalue weighted by molar-refractivity contribution is -0.384. The molecule has 0 saturated heterocycles. The van der Waals surface area contributed by atoms with Crippen LogP contribution in [0.15, 0.2) is 42.5 Å². The van der Waals surface area contributed by atoms with E-state index in [-0.39, 0.29) is 5.69 Å². The second-order valence-electron chi connectivity index (χ2n) is 5.11. The first-order chi connectivity index (χ1) is 10.6. The van der Waals surface area contributed by atoms with E-state index in [4.69, 9.17) is 5.73 Å². The number of benzene rings is 1. The first kappa shape index (κ1) is 14.2. The summed E-state index contributed by atoms with van der Waals surface area (Å²) in [5.41, 5.74) is 10.2. The molecule has 2 heterocycles. The van der Waals surface area contributed by atoms with Crippen molar-refractivity contribution in [2.75, 3.05) is 6.54 Å². The highest BCUT2D eigenvalue weighted by Crippen LogP contribution is 2.28. The van der Waals surface area contributed by atoms with Crippen molar-refractivity contribution >= 4 is 11.3 Å². The lowest BCUT2D eigenvalue weighted by atomic mass is 10.1. The highest BCUT2D eigenvalue weighted by atomic mass is 16.6. The van der Waals surface area contributed by atoms with E-state index in [9.17, 15) is 10.1 Å². The summed E-state index contributed by atoms with van der Waals surface area (Å²) in [4.78, 5) is 15.2. The molecule has 22 heavy (non-hydrogen) atoms. The second-order valence-corrected chi connectivity index (χ2v) is 5.11. The van der Waals surface area contributed by atoms with Gasteiger partial charge in [0.1, 0.15) is 5.65 Å². The van der Waals surface area contributed by atoms with Crippen molar-refractivity contribution in [2.45, 2.75) is 13.3 Å². The minimum Gasteiger partial charge on any atom is -0.330 e. The van der Waals surface area contributed by atoms with Crippen LogP contribution < -0.4 is 5.73 Å². The minimum atomic E-state index is -0.396. The van der Waals surface area contributed by atoms with E-state index in [1.807, 2.05) is 31.2 Å². The Hall–Kier alpha value is -2.73. The summed E-state index contributed by atoms with van der Waals surface area (Å²) in [6.07, 6.45) is 0.657. The zero-order valence-electron chi connectivity index (χ0n) is 12.2. The summed E-state index contributed by atoms with van der Waals surface area (Å²) < 4.78 is 2.06. The van der Waals surface area contributed by atoms with Crippen LogP contribution in [0.2, 0.25) is 0 Å². The molecule has 3 aromatic rings. The first-order valence-corrected chi connectivity index (χ1v) is 7.03. The van der Waals surface area contributed by atoms with E-state index < -0.39 is 4.92 Å². The number of aromatic nitrogens is 2. The van der Waals surface area contributed by atoms with Gasteiger partial charge in [-0.3, -0.25) is 10.1 Å². The maximum Gasteiger partial charge on any atom is 0.270 e. The van der Waals surface area contributed by atoms with Gasteiger partial charge in [0, 0.05) is 29.8 Å². The van der Waals surface area contributed by atoms with E-state index in [1.54, 1.807) is 12.1 Å². The average Bonchev–Trinajstić information content (AvgIpc) is 2.88. The van der Waals surface area contributed by atoms with E-state index in [2.05, 4.69) is 9.38 Å². The number of rotatable bonds is 4. The van der Waals surface area contributed by atoms with Gasteiger partial charge in [-0.1, -0.05) is 18.2 Å². The van der Waals surface area contributed by atoms with Crippen LogP contribution in [0.25, 0.3) is 16.9 Å². The number of imidazole rings is 1. The summed E-state index contributed by atoms with van der Waals surface area (Å²) in [6.45, 7) is 2.50. The molecule has 2 N–H and O–H groups in total. The molecule has 0 saturated carbocycles.